The molecule has 3 rings (SSSR count). The summed E-state index contributed by atoms with van der Waals surface area (Å²) < 4.78 is 5.09. The molecule has 0 spiro atoms. The predicted octanol–water partition coefficient (Wildman–Crippen LogP) is 2.29. The van der Waals surface area contributed by atoms with Gasteiger partial charge in [-0.25, -0.2) is 10.9 Å². The van der Waals surface area contributed by atoms with E-state index in [1.165, 1.54) is 0 Å². The monoisotopic (exact) mass is 332 g/mol. The summed E-state index contributed by atoms with van der Waals surface area (Å²) in [5.41, 5.74) is 7.81. The molecule has 7 heteroatoms. The van der Waals surface area contributed by atoms with E-state index in [0.29, 0.717) is 22.9 Å². The first-order chi connectivity index (χ1) is 11.2. The molecule has 2 unspecified atom stereocenters. The summed E-state index contributed by atoms with van der Waals surface area (Å²) in [6, 6.07) is 8.72. The average Bonchev–Trinajstić information content (AvgIpc) is 3.06. The number of hydrogen-bond donors (Lipinski definition) is 3. The Morgan fingerprint density at radius 1 is 1.39 bits per heavy atom. The molecular formula is C16H17ClN4O2. The predicted molar refractivity (Wildman–Crippen MR) is 88.3 cm³/mol. The van der Waals surface area contributed by atoms with Gasteiger partial charge < -0.3 is 10.1 Å². The van der Waals surface area contributed by atoms with Crippen LogP contribution in [0.15, 0.2) is 42.7 Å². The van der Waals surface area contributed by atoms with E-state index in [4.69, 9.17) is 16.3 Å². The summed E-state index contributed by atoms with van der Waals surface area (Å²) in [4.78, 5) is 16.5. The van der Waals surface area contributed by atoms with Crippen LogP contribution in [-0.2, 0) is 4.79 Å². The maximum absolute atomic E-state index is 12.4. The van der Waals surface area contributed by atoms with E-state index in [1.54, 1.807) is 37.7 Å². The van der Waals surface area contributed by atoms with Gasteiger partial charge >= 0.3 is 0 Å². The third-order valence-corrected chi connectivity index (χ3v) is 4.02. The van der Waals surface area contributed by atoms with Crippen molar-refractivity contribution in [2.45, 2.75) is 18.5 Å². The largest absolute Gasteiger partial charge is 0.495 e. The SMILES string of the molecule is COc1ccc(NC(=O)C2CC(c3cccnc3)NN2)cc1Cl. The fourth-order valence-electron chi connectivity index (χ4n) is 2.50. The van der Waals surface area contributed by atoms with Crippen LogP contribution < -0.4 is 20.9 Å². The molecule has 1 aliphatic heterocycles. The number of carbonyl (C=O) groups excluding carboxylic acids is 1. The molecule has 6 nitrogen and oxygen atoms in total. The number of methoxy groups -OCH3 is 1. The quantitative estimate of drug-likeness (QED) is 0.801. The summed E-state index contributed by atoms with van der Waals surface area (Å²) in [5.74, 6) is 0.451. The van der Waals surface area contributed by atoms with Gasteiger partial charge in [0, 0.05) is 24.1 Å². The van der Waals surface area contributed by atoms with E-state index in [9.17, 15) is 4.79 Å². The van der Waals surface area contributed by atoms with Crippen LogP contribution in [0, 0.1) is 0 Å². The molecule has 0 bridgehead atoms. The first-order valence-electron chi connectivity index (χ1n) is 7.23. The van der Waals surface area contributed by atoms with Crippen molar-refractivity contribution in [2.75, 3.05) is 12.4 Å². The molecule has 23 heavy (non-hydrogen) atoms. The molecule has 1 aliphatic rings. The van der Waals surface area contributed by atoms with Gasteiger partial charge in [0.25, 0.3) is 0 Å². The van der Waals surface area contributed by atoms with E-state index in [0.717, 1.165) is 5.56 Å². The van der Waals surface area contributed by atoms with Gasteiger partial charge in [-0.2, -0.15) is 0 Å². The topological polar surface area (TPSA) is 75.3 Å². The van der Waals surface area contributed by atoms with Crippen LogP contribution in [0.2, 0.25) is 5.02 Å². The molecular weight excluding hydrogens is 316 g/mol. The molecule has 0 aliphatic carbocycles. The van der Waals surface area contributed by atoms with E-state index >= 15 is 0 Å². The van der Waals surface area contributed by atoms with Crippen molar-refractivity contribution in [3.8, 4) is 5.75 Å². The molecule has 1 fully saturated rings. The summed E-state index contributed by atoms with van der Waals surface area (Å²) in [6.45, 7) is 0. The van der Waals surface area contributed by atoms with Crippen LogP contribution in [0.3, 0.4) is 0 Å². The molecule has 1 aromatic carbocycles. The fraction of sp³-hybridized carbons (Fsp3) is 0.250. The van der Waals surface area contributed by atoms with Crippen molar-refractivity contribution in [2.24, 2.45) is 0 Å². The molecule has 2 aromatic rings. The number of anilines is 1. The molecule has 1 aromatic heterocycles. The van der Waals surface area contributed by atoms with Gasteiger partial charge in [-0.05, 0) is 36.2 Å². The number of amides is 1. The van der Waals surface area contributed by atoms with Crippen LogP contribution in [0.4, 0.5) is 5.69 Å². The minimum absolute atomic E-state index is 0.0545. The molecule has 2 atom stereocenters. The third kappa shape index (κ3) is 3.61. The number of nitrogens with zero attached hydrogens (tertiary/aromatic N) is 1. The maximum atomic E-state index is 12.4. The highest BCUT2D eigenvalue weighted by molar-refractivity contribution is 6.32. The fourth-order valence-corrected chi connectivity index (χ4v) is 2.76. The summed E-state index contributed by atoms with van der Waals surface area (Å²) in [6.07, 6.45) is 4.16. The standard InChI is InChI=1S/C16H17ClN4O2/c1-23-15-5-4-11(7-12(15)17)19-16(22)14-8-13(20-21-14)10-3-2-6-18-9-10/h2-7,9,13-14,20-21H,8H2,1H3,(H,19,22). The van der Waals surface area contributed by atoms with Crippen molar-refractivity contribution in [1.29, 1.82) is 0 Å². The van der Waals surface area contributed by atoms with E-state index in [2.05, 4.69) is 21.2 Å². The molecule has 3 N–H and O–H groups in total. The van der Waals surface area contributed by atoms with E-state index in [-0.39, 0.29) is 18.0 Å². The maximum Gasteiger partial charge on any atom is 0.242 e. The zero-order chi connectivity index (χ0) is 16.2. The summed E-state index contributed by atoms with van der Waals surface area (Å²) >= 11 is 6.06. The lowest BCUT2D eigenvalue weighted by Crippen LogP contribution is -2.39. The number of pyridine rings is 1. The number of halogens is 1. The lowest BCUT2D eigenvalue weighted by atomic mass is 10.0. The second-order valence-corrected chi connectivity index (χ2v) is 5.66. The second-order valence-electron chi connectivity index (χ2n) is 5.25. The molecule has 2 heterocycles. The van der Waals surface area contributed by atoms with Crippen molar-refractivity contribution >= 4 is 23.2 Å². The lowest BCUT2D eigenvalue weighted by Gasteiger charge is -2.12. The van der Waals surface area contributed by atoms with Gasteiger partial charge in [-0.3, -0.25) is 9.78 Å². The van der Waals surface area contributed by atoms with E-state index in [1.807, 2.05) is 12.1 Å². The van der Waals surface area contributed by atoms with E-state index < -0.39 is 0 Å². The summed E-state index contributed by atoms with van der Waals surface area (Å²) in [7, 11) is 1.55. The minimum Gasteiger partial charge on any atom is -0.495 e. The Balaban J connectivity index is 1.62. The Morgan fingerprint density at radius 3 is 2.96 bits per heavy atom. The number of nitrogens with one attached hydrogen (secondary N) is 3. The first kappa shape index (κ1) is 15.7. The van der Waals surface area contributed by atoms with Crippen molar-refractivity contribution < 1.29 is 9.53 Å². The van der Waals surface area contributed by atoms with Crippen molar-refractivity contribution in [1.82, 2.24) is 15.8 Å². The van der Waals surface area contributed by atoms with Gasteiger partial charge in [0.1, 0.15) is 11.8 Å². The molecule has 1 amide bonds. The highest BCUT2D eigenvalue weighted by atomic mass is 35.5. The van der Waals surface area contributed by atoms with Crippen LogP contribution >= 0.6 is 11.6 Å². The zero-order valence-corrected chi connectivity index (χ0v) is 13.3. The number of carbonyl (C=O) groups is 1. The number of hydrazine groups is 1. The van der Waals surface area contributed by atoms with Gasteiger partial charge in [0.05, 0.1) is 12.1 Å². The van der Waals surface area contributed by atoms with Crippen LogP contribution in [0.25, 0.3) is 0 Å². The number of aromatic nitrogens is 1. The third-order valence-electron chi connectivity index (χ3n) is 3.73. The highest BCUT2D eigenvalue weighted by Gasteiger charge is 2.30. The Bertz CT molecular complexity index is 696. The highest BCUT2D eigenvalue weighted by Crippen LogP contribution is 2.28. The average molecular weight is 333 g/mol. The van der Waals surface area contributed by atoms with Crippen LogP contribution in [-0.4, -0.2) is 24.0 Å². The van der Waals surface area contributed by atoms with Crippen LogP contribution in [0.1, 0.15) is 18.0 Å². The Kier molecular flexibility index (Phi) is 4.76. The van der Waals surface area contributed by atoms with Crippen molar-refractivity contribution in [3.63, 3.8) is 0 Å². The molecule has 0 radical (unpaired) electrons. The number of ether oxygens (including phenoxy) is 1. The second kappa shape index (κ2) is 6.95. The molecule has 120 valence electrons. The van der Waals surface area contributed by atoms with Crippen LogP contribution in [0.5, 0.6) is 5.75 Å². The summed E-state index contributed by atoms with van der Waals surface area (Å²) in [5, 5.41) is 3.31. The smallest absolute Gasteiger partial charge is 0.242 e. The first-order valence-corrected chi connectivity index (χ1v) is 7.60. The van der Waals surface area contributed by atoms with Crippen molar-refractivity contribution in [3.05, 3.63) is 53.3 Å². The minimum atomic E-state index is -0.332. The normalized spacial score (nSPS) is 20.3. The molecule has 0 saturated carbocycles. The van der Waals surface area contributed by atoms with Gasteiger partial charge in [-0.1, -0.05) is 17.7 Å². The van der Waals surface area contributed by atoms with Gasteiger partial charge in [-0.15, -0.1) is 0 Å². The molecule has 1 saturated heterocycles. The number of rotatable bonds is 4. The Labute approximate surface area is 139 Å². The lowest BCUT2D eigenvalue weighted by molar-refractivity contribution is -0.117. The van der Waals surface area contributed by atoms with Gasteiger partial charge in [0.2, 0.25) is 5.91 Å². The zero-order valence-electron chi connectivity index (χ0n) is 12.5. The number of benzene rings is 1. The Hall–Kier alpha value is -2.15. The van der Waals surface area contributed by atoms with Gasteiger partial charge in [0.15, 0.2) is 0 Å². The Morgan fingerprint density at radius 2 is 2.26 bits per heavy atom. The number of hydrogen-bond acceptors (Lipinski definition) is 5.